The van der Waals surface area contributed by atoms with E-state index in [1.165, 1.54) is 5.56 Å². The van der Waals surface area contributed by atoms with Crippen molar-refractivity contribution in [1.82, 2.24) is 16.0 Å². The van der Waals surface area contributed by atoms with E-state index in [1.807, 2.05) is 43.3 Å². The van der Waals surface area contributed by atoms with Crippen LogP contribution >= 0.6 is 27.5 Å². The first-order chi connectivity index (χ1) is 21.5. The number of aryl methyl sites for hydroxylation is 1. The largest absolute Gasteiger partial charge is 0.418 e. The molecule has 3 heterocycles. The van der Waals surface area contributed by atoms with Crippen LogP contribution in [0.4, 0.5) is 34.6 Å². The molecule has 0 fully saturated rings. The molecule has 45 heavy (non-hydrogen) atoms. The predicted octanol–water partition coefficient (Wildman–Crippen LogP) is 6.36. The van der Waals surface area contributed by atoms with Gasteiger partial charge >= 0.3 is 6.18 Å². The van der Waals surface area contributed by atoms with Gasteiger partial charge in [-0.1, -0.05) is 51.8 Å². The number of hydrogen-bond acceptors (Lipinski definition) is 9. The molecule has 9 nitrogen and oxygen atoms in total. The minimum absolute atomic E-state index is 0.153. The van der Waals surface area contributed by atoms with E-state index in [9.17, 15) is 17.6 Å². The molecule has 0 amide bonds. The number of rotatable bonds is 3. The zero-order valence-electron chi connectivity index (χ0n) is 24.5. The maximum absolute atomic E-state index is 13.4. The predicted molar refractivity (Wildman–Crippen MR) is 178 cm³/mol. The van der Waals surface area contributed by atoms with Crippen LogP contribution in [0.1, 0.15) is 16.7 Å². The van der Waals surface area contributed by atoms with Gasteiger partial charge in [-0.05, 0) is 55.3 Å². The first-order valence-corrected chi connectivity index (χ1v) is 15.2. The second-order valence-corrected chi connectivity index (χ2v) is 11.1. The van der Waals surface area contributed by atoms with Gasteiger partial charge in [0.2, 0.25) is 0 Å². The number of hydrogen-bond donors (Lipinski definition) is 6. The van der Waals surface area contributed by atoms with Crippen LogP contribution in [0.25, 0.3) is 0 Å². The molecule has 6 rings (SSSR count). The van der Waals surface area contributed by atoms with Gasteiger partial charge in [0.1, 0.15) is 5.82 Å². The molecule has 3 aromatic carbocycles. The molecule has 0 bridgehead atoms. The van der Waals surface area contributed by atoms with Crippen molar-refractivity contribution in [3.8, 4) is 0 Å². The molecule has 15 heteroatoms. The van der Waals surface area contributed by atoms with Crippen LogP contribution in [0, 0.1) is 19.7 Å². The van der Waals surface area contributed by atoms with E-state index in [4.69, 9.17) is 11.6 Å². The number of nitrogens with one attached hydrogen (secondary N) is 6. The summed E-state index contributed by atoms with van der Waals surface area (Å²) in [5.74, 6) is 0.862. The van der Waals surface area contributed by atoms with Gasteiger partial charge in [-0.2, -0.15) is 13.2 Å². The van der Waals surface area contributed by atoms with Gasteiger partial charge in [0.25, 0.3) is 0 Å². The number of benzene rings is 3. The number of halogens is 6. The van der Waals surface area contributed by atoms with Crippen LogP contribution in [0.5, 0.6) is 0 Å². The second-order valence-electron chi connectivity index (χ2n) is 9.86. The summed E-state index contributed by atoms with van der Waals surface area (Å²) < 4.78 is 52.4. The lowest BCUT2D eigenvalue weighted by atomic mass is 10.1. The van der Waals surface area contributed by atoms with E-state index in [0.717, 1.165) is 82.7 Å². The highest BCUT2D eigenvalue weighted by Gasteiger charge is 2.35. The Labute approximate surface area is 272 Å². The molecular weight excluding hydrogens is 678 g/mol. The fourth-order valence-electron chi connectivity index (χ4n) is 4.19. The van der Waals surface area contributed by atoms with Crippen LogP contribution in [-0.2, 0) is 6.18 Å². The highest BCUT2D eigenvalue weighted by Crippen LogP contribution is 2.36. The van der Waals surface area contributed by atoms with Crippen molar-refractivity contribution in [2.24, 2.45) is 15.0 Å². The zero-order valence-corrected chi connectivity index (χ0v) is 26.9. The van der Waals surface area contributed by atoms with Crippen molar-refractivity contribution in [3.05, 3.63) is 86.6 Å². The third kappa shape index (κ3) is 9.72. The van der Waals surface area contributed by atoms with Crippen molar-refractivity contribution in [2.45, 2.75) is 20.0 Å². The standard InChI is InChI=1S/C10H12BrN3.C10H12ClN3.C10H9F4N3/c1-7-8(11)3-2-4-9(7)14-10-12-5-6-13-10;1-7-3-2-4-8(9(7)11)14-10-12-5-6-13-10;11-7-3-1-2-6(10(12,13)14)8(7)17-9-15-4-5-16-9/h2*2-4H,5-6H2,1H3,(H2,12,13,14);1-3H,4-5H2,(H2,15,16,17). The quantitative estimate of drug-likeness (QED) is 0.177. The maximum atomic E-state index is 13.4. The Morgan fingerprint density at radius 2 is 1.24 bits per heavy atom. The SMILES string of the molecule is Cc1c(Br)cccc1NC1=NCCN1.Cc1cccc(NC2=NCCN2)c1Cl.Fc1cccc(C(F)(F)F)c1NC1=NCCN1. The highest BCUT2D eigenvalue weighted by atomic mass is 79.9. The van der Waals surface area contributed by atoms with Crippen LogP contribution in [0.15, 0.2) is 74.0 Å². The van der Waals surface area contributed by atoms with Gasteiger partial charge in [-0.15, -0.1) is 0 Å². The normalized spacial score (nSPS) is 15.1. The fraction of sp³-hybridized carbons (Fsp3) is 0.300. The number of nitrogens with zero attached hydrogens (tertiary/aromatic N) is 3. The van der Waals surface area contributed by atoms with Crippen molar-refractivity contribution in [2.75, 3.05) is 55.2 Å². The Morgan fingerprint density at radius 1 is 0.733 bits per heavy atom. The van der Waals surface area contributed by atoms with Gasteiger partial charge in [-0.3, -0.25) is 15.0 Å². The van der Waals surface area contributed by atoms with Gasteiger partial charge in [0, 0.05) is 29.8 Å². The molecule has 0 unspecified atom stereocenters. The Morgan fingerprint density at radius 3 is 1.80 bits per heavy atom. The lowest BCUT2D eigenvalue weighted by Gasteiger charge is -2.15. The minimum Gasteiger partial charge on any atom is -0.354 e. The van der Waals surface area contributed by atoms with E-state index in [0.29, 0.717) is 13.1 Å². The van der Waals surface area contributed by atoms with E-state index in [-0.39, 0.29) is 5.96 Å². The molecule has 0 aromatic heterocycles. The average molecular weight is 711 g/mol. The number of guanidine groups is 3. The molecule has 0 radical (unpaired) electrons. The number of alkyl halides is 3. The smallest absolute Gasteiger partial charge is 0.354 e. The summed E-state index contributed by atoms with van der Waals surface area (Å²) in [4.78, 5) is 12.4. The molecule has 240 valence electrons. The lowest BCUT2D eigenvalue weighted by molar-refractivity contribution is -0.137. The molecule has 3 aromatic rings. The third-order valence-electron chi connectivity index (χ3n) is 6.55. The van der Waals surface area contributed by atoms with Crippen LogP contribution in [0.2, 0.25) is 5.02 Å². The van der Waals surface area contributed by atoms with Crippen LogP contribution < -0.4 is 31.9 Å². The summed E-state index contributed by atoms with van der Waals surface area (Å²) in [5, 5.41) is 18.5. The first kappa shape index (κ1) is 33.8. The second kappa shape index (κ2) is 15.8. The van der Waals surface area contributed by atoms with E-state index < -0.39 is 23.2 Å². The molecule has 3 aliphatic heterocycles. The number of para-hydroxylation sites is 1. The minimum atomic E-state index is -4.61. The molecule has 0 saturated carbocycles. The number of anilines is 3. The fourth-order valence-corrected chi connectivity index (χ4v) is 4.73. The highest BCUT2D eigenvalue weighted by molar-refractivity contribution is 9.10. The van der Waals surface area contributed by atoms with Crippen molar-refractivity contribution in [1.29, 1.82) is 0 Å². The average Bonchev–Trinajstić information content (AvgIpc) is 3.80. The summed E-state index contributed by atoms with van der Waals surface area (Å²) in [6.45, 7) is 8.54. The molecule has 0 aliphatic carbocycles. The van der Waals surface area contributed by atoms with E-state index >= 15 is 0 Å². The molecule has 0 spiro atoms. The topological polar surface area (TPSA) is 109 Å². The molecule has 0 atom stereocenters. The van der Waals surface area contributed by atoms with E-state index in [2.05, 4.69) is 69.7 Å². The van der Waals surface area contributed by atoms with Crippen molar-refractivity contribution >= 4 is 62.5 Å². The summed E-state index contributed by atoms with van der Waals surface area (Å²) in [6, 6.07) is 14.8. The Hall–Kier alpha value is -4.04. The zero-order chi connectivity index (χ0) is 32.4. The third-order valence-corrected chi connectivity index (χ3v) is 7.91. The summed E-state index contributed by atoms with van der Waals surface area (Å²) in [7, 11) is 0. The first-order valence-electron chi connectivity index (χ1n) is 14.0. The van der Waals surface area contributed by atoms with Crippen LogP contribution in [0.3, 0.4) is 0 Å². The van der Waals surface area contributed by atoms with Gasteiger partial charge in [0.05, 0.1) is 41.6 Å². The van der Waals surface area contributed by atoms with Crippen LogP contribution in [-0.4, -0.2) is 57.1 Å². The lowest BCUT2D eigenvalue weighted by Crippen LogP contribution is -2.28. The summed E-state index contributed by atoms with van der Waals surface area (Å²) in [6.07, 6.45) is -4.61. The van der Waals surface area contributed by atoms with Gasteiger partial charge < -0.3 is 31.9 Å². The Kier molecular flexibility index (Phi) is 11.9. The molecule has 6 N–H and O–H groups in total. The Bertz CT molecular complexity index is 1500. The maximum Gasteiger partial charge on any atom is 0.418 e. The van der Waals surface area contributed by atoms with Gasteiger partial charge in [-0.25, -0.2) is 4.39 Å². The van der Waals surface area contributed by atoms with Gasteiger partial charge in [0.15, 0.2) is 17.9 Å². The Balaban J connectivity index is 0.000000155. The molecular formula is C30H33BrClF4N9. The molecule has 0 saturated heterocycles. The monoisotopic (exact) mass is 709 g/mol. The summed E-state index contributed by atoms with van der Waals surface area (Å²) in [5.41, 5.74) is 2.61. The van der Waals surface area contributed by atoms with Crippen molar-refractivity contribution in [3.63, 3.8) is 0 Å². The van der Waals surface area contributed by atoms with E-state index in [1.54, 1.807) is 0 Å². The number of aliphatic imine (C=N–C) groups is 3. The summed E-state index contributed by atoms with van der Waals surface area (Å²) >= 11 is 9.62. The van der Waals surface area contributed by atoms with Crippen molar-refractivity contribution < 1.29 is 17.6 Å². The molecule has 3 aliphatic rings.